The van der Waals surface area contributed by atoms with E-state index in [1.807, 2.05) is 25.1 Å². The number of benzene rings is 1. The fourth-order valence-corrected chi connectivity index (χ4v) is 2.35. The molecule has 1 N–H and O–H groups in total. The molecule has 1 aromatic heterocycles. The first-order valence-corrected chi connectivity index (χ1v) is 6.52. The molecule has 1 atom stereocenters. The molecule has 2 rings (SSSR count). The van der Waals surface area contributed by atoms with E-state index < -0.39 is 11.0 Å². The van der Waals surface area contributed by atoms with Crippen LogP contribution in [0.2, 0.25) is 0 Å². The summed E-state index contributed by atoms with van der Waals surface area (Å²) < 4.78 is 15.0. The summed E-state index contributed by atoms with van der Waals surface area (Å²) in [5.74, 6) is 2.51. The molecule has 18 heavy (non-hydrogen) atoms. The SMILES string of the molecule is C#Cc1cnc(C)c(NS(=O)c2ccccc2)c1. The quantitative estimate of drug-likeness (QED) is 0.857. The summed E-state index contributed by atoms with van der Waals surface area (Å²) in [4.78, 5) is 4.87. The highest BCUT2D eigenvalue weighted by Crippen LogP contribution is 2.16. The van der Waals surface area contributed by atoms with Crippen molar-refractivity contribution in [3.63, 3.8) is 0 Å². The van der Waals surface area contributed by atoms with Crippen molar-refractivity contribution in [3.05, 3.63) is 53.9 Å². The molecule has 0 aliphatic rings. The number of hydrogen-bond donors (Lipinski definition) is 1. The number of nitrogens with zero attached hydrogens (tertiary/aromatic N) is 1. The van der Waals surface area contributed by atoms with Crippen LogP contribution in [0.25, 0.3) is 0 Å². The Kier molecular flexibility index (Phi) is 3.75. The Hall–Kier alpha value is -2.12. The van der Waals surface area contributed by atoms with Crippen LogP contribution in [0, 0.1) is 19.3 Å². The summed E-state index contributed by atoms with van der Waals surface area (Å²) in [5.41, 5.74) is 2.11. The minimum Gasteiger partial charge on any atom is -0.299 e. The number of aromatic nitrogens is 1. The molecule has 3 nitrogen and oxygen atoms in total. The number of anilines is 1. The van der Waals surface area contributed by atoms with Gasteiger partial charge < -0.3 is 0 Å². The maximum absolute atomic E-state index is 12.1. The summed E-state index contributed by atoms with van der Waals surface area (Å²) in [7, 11) is -1.31. The zero-order valence-electron chi connectivity index (χ0n) is 9.88. The van der Waals surface area contributed by atoms with Crippen molar-refractivity contribution >= 4 is 16.7 Å². The fraction of sp³-hybridized carbons (Fsp3) is 0.0714. The lowest BCUT2D eigenvalue weighted by Gasteiger charge is -2.08. The minimum atomic E-state index is -1.31. The molecule has 1 unspecified atom stereocenters. The number of rotatable bonds is 3. The molecule has 0 aliphatic carbocycles. The highest BCUT2D eigenvalue weighted by Gasteiger charge is 2.06. The maximum Gasteiger partial charge on any atom is 0.150 e. The Labute approximate surface area is 109 Å². The minimum absolute atomic E-state index is 0.660. The van der Waals surface area contributed by atoms with Crippen molar-refractivity contribution in [2.45, 2.75) is 11.8 Å². The van der Waals surface area contributed by atoms with Crippen molar-refractivity contribution < 1.29 is 4.21 Å². The van der Waals surface area contributed by atoms with Gasteiger partial charge in [0.05, 0.1) is 16.3 Å². The van der Waals surface area contributed by atoms with Gasteiger partial charge in [-0.3, -0.25) is 9.71 Å². The van der Waals surface area contributed by atoms with Crippen molar-refractivity contribution in [1.82, 2.24) is 4.98 Å². The second kappa shape index (κ2) is 5.48. The van der Waals surface area contributed by atoms with Crippen LogP contribution in [0.5, 0.6) is 0 Å². The first kappa shape index (κ1) is 12.3. The van der Waals surface area contributed by atoms with Crippen LogP contribution < -0.4 is 4.72 Å². The van der Waals surface area contributed by atoms with Gasteiger partial charge in [-0.1, -0.05) is 24.1 Å². The molecular weight excluding hydrogens is 244 g/mol. The average molecular weight is 256 g/mol. The first-order valence-electron chi connectivity index (χ1n) is 5.37. The van der Waals surface area contributed by atoms with E-state index in [1.165, 1.54) is 0 Å². The molecule has 0 aliphatic heterocycles. The number of pyridine rings is 1. The number of terminal acetylenes is 1. The molecule has 0 fully saturated rings. The third-order valence-corrected chi connectivity index (χ3v) is 3.52. The molecule has 4 heteroatoms. The van der Waals surface area contributed by atoms with E-state index in [0.717, 1.165) is 5.69 Å². The average Bonchev–Trinajstić information content (AvgIpc) is 2.42. The smallest absolute Gasteiger partial charge is 0.150 e. The Bertz CT molecular complexity index is 617. The van der Waals surface area contributed by atoms with Gasteiger partial charge in [-0.25, -0.2) is 4.21 Å². The van der Waals surface area contributed by atoms with E-state index in [-0.39, 0.29) is 0 Å². The van der Waals surface area contributed by atoms with E-state index in [4.69, 9.17) is 6.42 Å². The van der Waals surface area contributed by atoms with Crippen LogP contribution in [-0.4, -0.2) is 9.19 Å². The Balaban J connectivity index is 2.25. The van der Waals surface area contributed by atoms with Gasteiger partial charge in [0.15, 0.2) is 0 Å². The third-order valence-electron chi connectivity index (χ3n) is 2.41. The van der Waals surface area contributed by atoms with E-state index in [9.17, 15) is 4.21 Å². The normalized spacial score (nSPS) is 11.6. The number of hydrogen-bond acceptors (Lipinski definition) is 2. The summed E-state index contributed by atoms with van der Waals surface area (Å²) in [5, 5.41) is 0. The lowest BCUT2D eigenvalue weighted by molar-refractivity contribution is 0.686. The molecular formula is C14H12N2OS. The Morgan fingerprint density at radius 3 is 2.72 bits per heavy atom. The van der Waals surface area contributed by atoms with Gasteiger partial charge in [0.2, 0.25) is 0 Å². The first-order chi connectivity index (χ1) is 8.70. The molecule has 90 valence electrons. The van der Waals surface area contributed by atoms with Gasteiger partial charge in [0.25, 0.3) is 0 Å². The number of nitrogens with one attached hydrogen (secondary N) is 1. The second-order valence-corrected chi connectivity index (χ2v) is 4.90. The van der Waals surface area contributed by atoms with Gasteiger partial charge in [0, 0.05) is 11.8 Å². The summed E-state index contributed by atoms with van der Waals surface area (Å²) in [6.45, 7) is 1.84. The van der Waals surface area contributed by atoms with E-state index in [1.54, 1.807) is 24.4 Å². The van der Waals surface area contributed by atoms with E-state index in [0.29, 0.717) is 16.1 Å². The molecule has 1 aromatic carbocycles. The van der Waals surface area contributed by atoms with Crippen molar-refractivity contribution in [2.24, 2.45) is 0 Å². The van der Waals surface area contributed by atoms with Crippen molar-refractivity contribution in [3.8, 4) is 12.3 Å². The number of aryl methyl sites for hydroxylation is 1. The maximum atomic E-state index is 12.1. The molecule has 0 saturated heterocycles. The van der Waals surface area contributed by atoms with Gasteiger partial charge in [-0.05, 0) is 25.1 Å². The third kappa shape index (κ3) is 2.76. The largest absolute Gasteiger partial charge is 0.299 e. The van der Waals surface area contributed by atoms with Crippen LogP contribution in [0.1, 0.15) is 11.3 Å². The summed E-state index contributed by atoms with van der Waals surface area (Å²) in [6, 6.07) is 10.9. The summed E-state index contributed by atoms with van der Waals surface area (Å²) in [6.07, 6.45) is 6.93. The highest BCUT2D eigenvalue weighted by atomic mass is 32.2. The van der Waals surface area contributed by atoms with Crippen LogP contribution in [0.15, 0.2) is 47.5 Å². The molecule has 2 aromatic rings. The molecule has 0 radical (unpaired) electrons. The molecule has 0 amide bonds. The molecule has 0 spiro atoms. The lowest BCUT2D eigenvalue weighted by Crippen LogP contribution is -2.06. The van der Waals surface area contributed by atoms with Gasteiger partial charge in [-0.15, -0.1) is 6.42 Å². The van der Waals surface area contributed by atoms with Crippen LogP contribution in [0.3, 0.4) is 0 Å². The standard InChI is InChI=1S/C14H12N2OS/c1-3-12-9-14(11(2)15-10-12)16-18(17)13-7-5-4-6-8-13/h1,4-10,16H,2H3. The van der Waals surface area contributed by atoms with Crippen LogP contribution in [-0.2, 0) is 11.0 Å². The van der Waals surface area contributed by atoms with Gasteiger partial charge >= 0.3 is 0 Å². The van der Waals surface area contributed by atoms with Crippen LogP contribution >= 0.6 is 0 Å². The van der Waals surface area contributed by atoms with Crippen molar-refractivity contribution in [1.29, 1.82) is 0 Å². The predicted octanol–water partition coefficient (Wildman–Crippen LogP) is 2.51. The van der Waals surface area contributed by atoms with Gasteiger partial charge in [0.1, 0.15) is 11.0 Å². The van der Waals surface area contributed by atoms with Crippen molar-refractivity contribution in [2.75, 3.05) is 4.72 Å². The monoisotopic (exact) mass is 256 g/mol. The zero-order valence-corrected chi connectivity index (χ0v) is 10.7. The molecule has 1 heterocycles. The van der Waals surface area contributed by atoms with E-state index in [2.05, 4.69) is 15.6 Å². The van der Waals surface area contributed by atoms with E-state index >= 15 is 0 Å². The van der Waals surface area contributed by atoms with Crippen LogP contribution in [0.4, 0.5) is 5.69 Å². The highest BCUT2D eigenvalue weighted by molar-refractivity contribution is 7.86. The Morgan fingerprint density at radius 2 is 2.06 bits per heavy atom. The zero-order chi connectivity index (χ0) is 13.0. The molecule has 0 saturated carbocycles. The fourth-order valence-electron chi connectivity index (χ4n) is 1.42. The predicted molar refractivity (Wildman–Crippen MR) is 73.4 cm³/mol. The van der Waals surface area contributed by atoms with Gasteiger partial charge in [-0.2, -0.15) is 0 Å². The Morgan fingerprint density at radius 1 is 1.33 bits per heavy atom. The lowest BCUT2D eigenvalue weighted by atomic mass is 10.2. The topological polar surface area (TPSA) is 42.0 Å². The summed E-state index contributed by atoms with van der Waals surface area (Å²) >= 11 is 0. The second-order valence-electron chi connectivity index (χ2n) is 3.69. The molecule has 0 bridgehead atoms.